The van der Waals surface area contributed by atoms with Gasteiger partial charge in [-0.3, -0.25) is 0 Å². The Morgan fingerprint density at radius 3 is 2.57 bits per heavy atom. The summed E-state index contributed by atoms with van der Waals surface area (Å²) in [6.45, 7) is 4.32. The number of hydrogen-bond acceptors (Lipinski definition) is 3. The SMILES string of the molecule is CC(C)CN(C)S(=O)(=O)c1ccc(C#CCCO)cc1Cl. The molecule has 0 saturated carbocycles. The molecular weight excluding hydrogens is 310 g/mol. The largest absolute Gasteiger partial charge is 0.395 e. The van der Waals surface area contributed by atoms with Gasteiger partial charge in [0.25, 0.3) is 0 Å². The van der Waals surface area contributed by atoms with Gasteiger partial charge in [0.2, 0.25) is 10.0 Å². The highest BCUT2D eigenvalue weighted by molar-refractivity contribution is 7.89. The second kappa shape index (κ2) is 7.81. The van der Waals surface area contributed by atoms with E-state index in [1.54, 1.807) is 13.1 Å². The lowest BCUT2D eigenvalue weighted by Crippen LogP contribution is -2.30. The predicted octanol–water partition coefficient (Wildman–Crippen LogP) is 2.35. The predicted molar refractivity (Wildman–Crippen MR) is 84.7 cm³/mol. The molecule has 1 aromatic carbocycles. The summed E-state index contributed by atoms with van der Waals surface area (Å²) in [7, 11) is -2.05. The lowest BCUT2D eigenvalue weighted by atomic mass is 10.2. The second-order valence-corrected chi connectivity index (χ2v) is 7.52. The van der Waals surface area contributed by atoms with Gasteiger partial charge in [0.15, 0.2) is 0 Å². The second-order valence-electron chi connectivity index (χ2n) is 5.10. The summed E-state index contributed by atoms with van der Waals surface area (Å²) in [4.78, 5) is 0.0834. The van der Waals surface area contributed by atoms with E-state index in [-0.39, 0.29) is 22.4 Å². The Morgan fingerprint density at radius 1 is 1.38 bits per heavy atom. The smallest absolute Gasteiger partial charge is 0.244 e. The van der Waals surface area contributed by atoms with E-state index in [9.17, 15) is 8.42 Å². The van der Waals surface area contributed by atoms with Gasteiger partial charge in [-0.2, -0.15) is 0 Å². The van der Waals surface area contributed by atoms with Gasteiger partial charge < -0.3 is 5.11 Å². The monoisotopic (exact) mass is 329 g/mol. The minimum Gasteiger partial charge on any atom is -0.395 e. The first kappa shape index (κ1) is 18.0. The number of benzene rings is 1. The number of aliphatic hydroxyl groups excluding tert-OH is 1. The van der Waals surface area contributed by atoms with Crippen molar-refractivity contribution >= 4 is 21.6 Å². The quantitative estimate of drug-likeness (QED) is 0.844. The van der Waals surface area contributed by atoms with Crippen LogP contribution in [0.2, 0.25) is 5.02 Å². The van der Waals surface area contributed by atoms with Crippen molar-refractivity contribution in [1.82, 2.24) is 4.31 Å². The molecule has 0 amide bonds. The third kappa shape index (κ3) is 5.01. The Hall–Kier alpha value is -1.06. The zero-order chi connectivity index (χ0) is 16.0. The Bertz CT molecular complexity index is 645. The average Bonchev–Trinajstić information content (AvgIpc) is 2.38. The standard InChI is InChI=1S/C15H20ClNO3S/c1-12(2)11-17(3)21(19,20)15-8-7-13(10-14(15)16)6-4-5-9-18/h7-8,10,12,18H,5,9,11H2,1-3H3. The Kier molecular flexibility index (Phi) is 6.69. The highest BCUT2D eigenvalue weighted by Crippen LogP contribution is 2.25. The maximum Gasteiger partial charge on any atom is 0.244 e. The minimum atomic E-state index is -3.59. The van der Waals surface area contributed by atoms with Gasteiger partial charge in [-0.15, -0.1) is 0 Å². The summed E-state index contributed by atoms with van der Waals surface area (Å²) in [5, 5.41) is 8.82. The molecule has 116 valence electrons. The van der Waals surface area contributed by atoms with Crippen molar-refractivity contribution in [2.24, 2.45) is 5.92 Å². The Balaban J connectivity index is 3.07. The van der Waals surface area contributed by atoms with Crippen molar-refractivity contribution < 1.29 is 13.5 Å². The molecule has 0 spiro atoms. The molecule has 0 aromatic heterocycles. The molecule has 0 fully saturated rings. The van der Waals surface area contributed by atoms with Crippen LogP contribution >= 0.6 is 11.6 Å². The lowest BCUT2D eigenvalue weighted by molar-refractivity contribution is 0.305. The third-order valence-corrected chi connectivity index (χ3v) is 5.02. The van der Waals surface area contributed by atoms with Crippen molar-refractivity contribution in [3.05, 3.63) is 28.8 Å². The first-order chi connectivity index (χ1) is 9.78. The minimum absolute atomic E-state index is 0.00675. The van der Waals surface area contributed by atoms with Gasteiger partial charge in [0.1, 0.15) is 4.90 Å². The van der Waals surface area contributed by atoms with Crippen LogP contribution in [-0.2, 0) is 10.0 Å². The van der Waals surface area contributed by atoms with Crippen LogP contribution < -0.4 is 0 Å². The van der Waals surface area contributed by atoms with Crippen LogP contribution in [0, 0.1) is 17.8 Å². The Labute approximate surface area is 131 Å². The molecule has 6 heteroatoms. The zero-order valence-corrected chi connectivity index (χ0v) is 14.0. The van der Waals surface area contributed by atoms with E-state index in [1.807, 2.05) is 13.8 Å². The van der Waals surface area contributed by atoms with Gasteiger partial charge in [-0.25, -0.2) is 12.7 Å². The number of rotatable bonds is 5. The molecule has 0 saturated heterocycles. The fraction of sp³-hybridized carbons (Fsp3) is 0.467. The molecule has 0 unspecified atom stereocenters. The van der Waals surface area contributed by atoms with Crippen LogP contribution in [0.3, 0.4) is 0 Å². The number of nitrogens with zero attached hydrogens (tertiary/aromatic N) is 1. The van der Waals surface area contributed by atoms with Crippen LogP contribution in [0.5, 0.6) is 0 Å². The van der Waals surface area contributed by atoms with Crippen molar-refractivity contribution in [2.75, 3.05) is 20.2 Å². The maximum atomic E-state index is 12.4. The topological polar surface area (TPSA) is 57.6 Å². The highest BCUT2D eigenvalue weighted by atomic mass is 35.5. The van der Waals surface area contributed by atoms with Crippen molar-refractivity contribution in [2.45, 2.75) is 25.2 Å². The van der Waals surface area contributed by atoms with E-state index in [2.05, 4.69) is 11.8 Å². The molecule has 1 rings (SSSR count). The summed E-state index contributed by atoms with van der Waals surface area (Å²) in [5.74, 6) is 5.82. The molecule has 21 heavy (non-hydrogen) atoms. The molecule has 4 nitrogen and oxygen atoms in total. The van der Waals surface area contributed by atoms with E-state index >= 15 is 0 Å². The summed E-state index contributed by atoms with van der Waals surface area (Å²) >= 11 is 6.08. The van der Waals surface area contributed by atoms with Crippen LogP contribution in [-0.4, -0.2) is 38.0 Å². The number of halogens is 1. The van der Waals surface area contributed by atoms with Crippen LogP contribution in [0.4, 0.5) is 0 Å². The van der Waals surface area contributed by atoms with Crippen LogP contribution in [0.1, 0.15) is 25.8 Å². The molecule has 0 aliphatic heterocycles. The third-order valence-electron chi connectivity index (χ3n) is 2.71. The molecule has 0 atom stereocenters. The van der Waals surface area contributed by atoms with Crippen LogP contribution in [0.15, 0.2) is 23.1 Å². The number of sulfonamides is 1. The average molecular weight is 330 g/mol. The maximum absolute atomic E-state index is 12.4. The van der Waals surface area contributed by atoms with E-state index in [1.165, 1.54) is 16.4 Å². The molecule has 0 aliphatic rings. The molecule has 0 aliphatic carbocycles. The summed E-state index contributed by atoms with van der Waals surface area (Å²) < 4.78 is 26.2. The molecule has 0 radical (unpaired) electrons. The zero-order valence-electron chi connectivity index (χ0n) is 12.4. The van der Waals surface area contributed by atoms with Gasteiger partial charge >= 0.3 is 0 Å². The summed E-state index contributed by atoms with van der Waals surface area (Å²) in [6.07, 6.45) is 0.370. The molecule has 1 N–H and O–H groups in total. The molecule has 0 bridgehead atoms. The van der Waals surface area contributed by atoms with Gasteiger partial charge in [0.05, 0.1) is 11.6 Å². The molecule has 0 heterocycles. The van der Waals surface area contributed by atoms with Gasteiger partial charge in [-0.1, -0.05) is 37.3 Å². The lowest BCUT2D eigenvalue weighted by Gasteiger charge is -2.19. The summed E-state index contributed by atoms with van der Waals surface area (Å²) in [5.41, 5.74) is 0.624. The summed E-state index contributed by atoms with van der Waals surface area (Å²) in [6, 6.07) is 4.62. The number of hydrogen-bond donors (Lipinski definition) is 1. The van der Waals surface area contributed by atoms with Crippen molar-refractivity contribution in [1.29, 1.82) is 0 Å². The molecular formula is C15H20ClNO3S. The van der Waals surface area contributed by atoms with Crippen molar-refractivity contribution in [3.8, 4) is 11.8 Å². The van der Waals surface area contributed by atoms with E-state index < -0.39 is 10.0 Å². The van der Waals surface area contributed by atoms with E-state index in [4.69, 9.17) is 16.7 Å². The number of aliphatic hydroxyl groups is 1. The molecule has 1 aromatic rings. The van der Waals surface area contributed by atoms with Gasteiger partial charge in [0, 0.05) is 25.6 Å². The fourth-order valence-corrected chi connectivity index (χ4v) is 3.64. The van der Waals surface area contributed by atoms with Gasteiger partial charge in [-0.05, 0) is 24.1 Å². The fourth-order valence-electron chi connectivity index (χ4n) is 1.79. The first-order valence-electron chi connectivity index (χ1n) is 6.64. The van der Waals surface area contributed by atoms with Crippen LogP contribution in [0.25, 0.3) is 0 Å². The normalized spacial score (nSPS) is 11.6. The Morgan fingerprint density at radius 2 is 2.05 bits per heavy atom. The van der Waals surface area contributed by atoms with E-state index in [0.29, 0.717) is 18.5 Å². The van der Waals surface area contributed by atoms with E-state index in [0.717, 1.165) is 0 Å². The highest BCUT2D eigenvalue weighted by Gasteiger charge is 2.24. The first-order valence-corrected chi connectivity index (χ1v) is 8.46. The van der Waals surface area contributed by atoms with Crippen molar-refractivity contribution in [3.63, 3.8) is 0 Å².